The number of benzene rings is 3. The van der Waals surface area contributed by atoms with Crippen molar-refractivity contribution in [3.63, 3.8) is 0 Å². The largest absolute Gasteiger partial charge is 0.487 e. The van der Waals surface area contributed by atoms with E-state index >= 15 is 0 Å². The minimum atomic E-state index is -4.61. The van der Waals surface area contributed by atoms with Crippen molar-refractivity contribution in [1.82, 2.24) is 19.6 Å². The monoisotopic (exact) mass is 896 g/mol. The lowest BCUT2D eigenvalue weighted by atomic mass is 9.72. The number of hydrogen-bond acceptors (Lipinski definition) is 11. The minimum absolute atomic E-state index is 0.0344. The molecule has 5 aromatic rings. The van der Waals surface area contributed by atoms with Gasteiger partial charge in [0.1, 0.15) is 11.4 Å². The van der Waals surface area contributed by atoms with Crippen molar-refractivity contribution in [2.45, 2.75) is 69.8 Å². The molecule has 3 aromatic carbocycles. The number of rotatable bonds is 14. The van der Waals surface area contributed by atoms with Gasteiger partial charge in [0.2, 0.25) is 0 Å². The molecule has 332 valence electrons. The van der Waals surface area contributed by atoms with E-state index in [1.165, 1.54) is 41.1 Å². The lowest BCUT2D eigenvalue weighted by Gasteiger charge is -2.39. The number of nitro benzene ring substituents is 1. The van der Waals surface area contributed by atoms with Crippen molar-refractivity contribution >= 4 is 55.5 Å². The molecule has 1 amide bonds. The number of piperazine rings is 1. The van der Waals surface area contributed by atoms with Gasteiger partial charge in [-0.25, -0.2) is 18.1 Å². The SMILES string of the molecule is COC1CCC(COc2ccc(S(=O)(=O)NC(=O)c3cccc(N4CCN(CC5=C(c6ccc(Cl)cc6)CC(C)(C)CC5)CC4)c3Oc3cnc4[nH]ccc4c3)cc2[N+](=O)[O-])CC1. The normalized spacial score (nSPS) is 19.5. The molecule has 0 atom stereocenters. The summed E-state index contributed by atoms with van der Waals surface area (Å²) in [6, 6.07) is 20.2. The molecule has 14 nitrogen and oxygen atoms in total. The number of sulfonamides is 1. The van der Waals surface area contributed by atoms with Crippen molar-refractivity contribution in [3.8, 4) is 17.2 Å². The smallest absolute Gasteiger partial charge is 0.312 e. The van der Waals surface area contributed by atoms with Crippen LogP contribution in [0.3, 0.4) is 0 Å². The number of hydrogen-bond donors (Lipinski definition) is 2. The Hall–Kier alpha value is -5.48. The number of carbonyl (C=O) groups is 1. The van der Waals surface area contributed by atoms with Crippen LogP contribution in [0.15, 0.2) is 95.7 Å². The minimum Gasteiger partial charge on any atom is -0.487 e. The Kier molecular flexibility index (Phi) is 13.1. The zero-order valence-corrected chi connectivity index (χ0v) is 37.3. The molecule has 8 rings (SSSR count). The van der Waals surface area contributed by atoms with Crippen molar-refractivity contribution in [3.05, 3.63) is 117 Å². The highest BCUT2D eigenvalue weighted by Gasteiger charge is 2.32. The second kappa shape index (κ2) is 18.7. The fraction of sp³-hybridized carbons (Fsp3) is 0.404. The number of H-pyrrole nitrogens is 1. The fourth-order valence-corrected chi connectivity index (χ4v) is 10.1. The van der Waals surface area contributed by atoms with Crippen LogP contribution in [0.2, 0.25) is 5.02 Å². The summed E-state index contributed by atoms with van der Waals surface area (Å²) in [7, 11) is -2.92. The van der Waals surface area contributed by atoms with Gasteiger partial charge in [-0.3, -0.25) is 19.8 Å². The third kappa shape index (κ3) is 10.3. The molecule has 2 fully saturated rings. The average Bonchev–Trinajstić information content (AvgIpc) is 3.75. The van der Waals surface area contributed by atoms with E-state index in [1.54, 1.807) is 25.4 Å². The van der Waals surface area contributed by atoms with Gasteiger partial charge < -0.3 is 24.1 Å². The van der Waals surface area contributed by atoms with Gasteiger partial charge in [0.05, 0.1) is 40.0 Å². The number of aromatic nitrogens is 2. The summed E-state index contributed by atoms with van der Waals surface area (Å²) in [5.74, 6) is -0.303. The molecule has 0 bridgehead atoms. The number of anilines is 1. The Bertz CT molecular complexity index is 2620. The molecular weight excluding hydrogens is 844 g/mol. The summed E-state index contributed by atoms with van der Waals surface area (Å²) < 4.78 is 47.6. The van der Waals surface area contributed by atoms with Crippen molar-refractivity contribution in [2.75, 3.05) is 51.3 Å². The number of nitrogens with zero attached hydrogens (tertiary/aromatic N) is 4. The zero-order chi connectivity index (χ0) is 44.3. The van der Waals surface area contributed by atoms with Crippen LogP contribution >= 0.6 is 11.6 Å². The van der Waals surface area contributed by atoms with Gasteiger partial charge in [0, 0.05) is 62.5 Å². The van der Waals surface area contributed by atoms with E-state index < -0.39 is 31.4 Å². The Morgan fingerprint density at radius 1 is 1.02 bits per heavy atom. The van der Waals surface area contributed by atoms with E-state index in [-0.39, 0.29) is 41.1 Å². The van der Waals surface area contributed by atoms with Gasteiger partial charge in [-0.2, -0.15) is 0 Å². The number of methoxy groups -OCH3 is 1. The maximum absolute atomic E-state index is 14.1. The number of carbonyl (C=O) groups excluding carboxylic acids is 1. The van der Waals surface area contributed by atoms with Crippen molar-refractivity contribution < 1.29 is 32.3 Å². The van der Waals surface area contributed by atoms with E-state index in [4.69, 9.17) is 25.8 Å². The number of amides is 1. The first-order chi connectivity index (χ1) is 30.2. The van der Waals surface area contributed by atoms with E-state index in [0.717, 1.165) is 76.0 Å². The number of para-hydroxylation sites is 1. The molecule has 0 radical (unpaired) electrons. The number of nitro groups is 1. The maximum atomic E-state index is 14.1. The van der Waals surface area contributed by atoms with Crippen LogP contribution in [0, 0.1) is 21.4 Å². The topological polar surface area (TPSA) is 169 Å². The van der Waals surface area contributed by atoms with Crippen LogP contribution in [0.1, 0.15) is 74.7 Å². The van der Waals surface area contributed by atoms with Gasteiger partial charge in [0.15, 0.2) is 11.5 Å². The Labute approximate surface area is 372 Å². The Morgan fingerprint density at radius 3 is 2.51 bits per heavy atom. The number of ether oxygens (including phenoxy) is 3. The van der Waals surface area contributed by atoms with Gasteiger partial charge in [-0.15, -0.1) is 0 Å². The summed E-state index contributed by atoms with van der Waals surface area (Å²) in [4.78, 5) is 37.3. The number of nitrogens with one attached hydrogen (secondary N) is 2. The summed E-state index contributed by atoms with van der Waals surface area (Å²) in [6.07, 6.45) is 10.1. The third-order valence-electron chi connectivity index (χ3n) is 12.6. The first-order valence-corrected chi connectivity index (χ1v) is 23.3. The van der Waals surface area contributed by atoms with E-state index in [0.29, 0.717) is 35.2 Å². The quantitative estimate of drug-likeness (QED) is 0.0805. The zero-order valence-electron chi connectivity index (χ0n) is 35.8. The second-order valence-electron chi connectivity index (χ2n) is 17.5. The van der Waals surface area contributed by atoms with Gasteiger partial charge in [0.25, 0.3) is 15.9 Å². The molecular formula is C47H53ClN6O8S. The highest BCUT2D eigenvalue weighted by Crippen LogP contribution is 2.44. The van der Waals surface area contributed by atoms with Crippen LogP contribution in [0.4, 0.5) is 11.4 Å². The van der Waals surface area contributed by atoms with Crippen LogP contribution in [-0.2, 0) is 14.8 Å². The molecule has 3 aliphatic rings. The molecule has 63 heavy (non-hydrogen) atoms. The predicted molar refractivity (Wildman–Crippen MR) is 243 cm³/mol. The van der Waals surface area contributed by atoms with Crippen LogP contribution in [0.5, 0.6) is 17.2 Å². The van der Waals surface area contributed by atoms with Crippen molar-refractivity contribution in [1.29, 1.82) is 0 Å². The van der Waals surface area contributed by atoms with Crippen LogP contribution in [-0.4, -0.2) is 86.7 Å². The number of allylic oxidation sites excluding steroid dienone is 1. The molecule has 2 N–H and O–H groups in total. The fourth-order valence-electron chi connectivity index (χ4n) is 8.94. The summed E-state index contributed by atoms with van der Waals surface area (Å²) in [6.45, 7) is 8.48. The highest BCUT2D eigenvalue weighted by atomic mass is 35.5. The summed E-state index contributed by atoms with van der Waals surface area (Å²) in [5, 5.41) is 13.7. The van der Waals surface area contributed by atoms with E-state index in [9.17, 15) is 23.3 Å². The number of halogens is 1. The molecule has 3 heterocycles. The molecule has 16 heteroatoms. The van der Waals surface area contributed by atoms with Gasteiger partial charge in [-0.1, -0.05) is 49.2 Å². The Morgan fingerprint density at radius 2 is 1.78 bits per heavy atom. The second-order valence-corrected chi connectivity index (χ2v) is 19.7. The average molecular weight is 897 g/mol. The van der Waals surface area contributed by atoms with E-state index in [1.807, 2.05) is 24.3 Å². The number of fused-ring (bicyclic) bond motifs is 1. The summed E-state index contributed by atoms with van der Waals surface area (Å²) >= 11 is 6.25. The van der Waals surface area contributed by atoms with Gasteiger partial charge >= 0.3 is 5.69 Å². The molecule has 1 saturated carbocycles. The van der Waals surface area contributed by atoms with Crippen molar-refractivity contribution in [2.24, 2.45) is 11.3 Å². The molecule has 0 unspecified atom stereocenters. The highest BCUT2D eigenvalue weighted by molar-refractivity contribution is 7.90. The van der Waals surface area contributed by atoms with Crippen LogP contribution in [0.25, 0.3) is 16.6 Å². The first-order valence-electron chi connectivity index (χ1n) is 21.4. The van der Waals surface area contributed by atoms with E-state index in [2.05, 4.69) is 50.5 Å². The number of pyridine rings is 1. The first kappa shape index (κ1) is 44.1. The van der Waals surface area contributed by atoms with Crippen LogP contribution < -0.4 is 19.1 Å². The molecule has 2 aromatic heterocycles. The maximum Gasteiger partial charge on any atom is 0.312 e. The number of aromatic amines is 1. The summed E-state index contributed by atoms with van der Waals surface area (Å²) in [5.41, 5.74) is 4.96. The molecule has 1 saturated heterocycles. The lowest BCUT2D eigenvalue weighted by molar-refractivity contribution is -0.386. The van der Waals surface area contributed by atoms with Gasteiger partial charge in [-0.05, 0) is 116 Å². The molecule has 2 aliphatic carbocycles. The molecule has 1 aliphatic heterocycles. The Balaban J connectivity index is 1.02. The predicted octanol–water partition coefficient (Wildman–Crippen LogP) is 9.41. The molecule has 0 spiro atoms. The standard InChI is InChI=1S/C47H53ClN6O8S/c1-47(2)19-17-34(40(27-47)32-9-11-35(48)12-10-32)29-52-21-23-53(24-22-52)41-6-4-5-39(44(41)62-37-25-33-18-20-49-45(33)50-28-37)46(55)51-63(58,59)38-15-16-43(42(26-38)54(56)57)61-30-31-7-13-36(60-3)14-8-31/h4-6,9-12,15-16,18,20,25-26,28,31,36H,7-8,13-14,17,19,21-24,27,29-30H2,1-3H3,(H,49,50)(H,51,55). The lowest BCUT2D eigenvalue weighted by Crippen LogP contribution is -2.47. The third-order valence-corrected chi connectivity index (χ3v) is 14.2.